The van der Waals surface area contributed by atoms with Gasteiger partial charge in [0.05, 0.1) is 0 Å². The number of aliphatic carboxylic acids is 1. The van der Waals surface area contributed by atoms with Gasteiger partial charge in [0.15, 0.2) is 0 Å². The molecular weight excluding hydrogens is 208 g/mol. The number of unbranched alkanes of at least 4 members (excludes halogenated alkanes) is 1. The first-order chi connectivity index (χ1) is 7.47. The van der Waals surface area contributed by atoms with E-state index >= 15 is 0 Å². The number of carbonyl (C=O) groups is 2. The van der Waals surface area contributed by atoms with Crippen LogP contribution in [0.2, 0.25) is 0 Å². The molecule has 5 heteroatoms. The van der Waals surface area contributed by atoms with Crippen LogP contribution in [0.1, 0.15) is 40.0 Å². The van der Waals surface area contributed by atoms with Crippen molar-refractivity contribution < 1.29 is 14.7 Å². The molecule has 0 spiro atoms. The number of nitrogens with one attached hydrogen (secondary N) is 2. The van der Waals surface area contributed by atoms with E-state index in [0.29, 0.717) is 18.9 Å². The van der Waals surface area contributed by atoms with Gasteiger partial charge in [-0.05, 0) is 12.3 Å². The van der Waals surface area contributed by atoms with E-state index in [1.165, 1.54) is 0 Å². The second-order valence-electron chi connectivity index (χ2n) is 4.28. The smallest absolute Gasteiger partial charge is 0.326 e. The summed E-state index contributed by atoms with van der Waals surface area (Å²) >= 11 is 0. The highest BCUT2D eigenvalue weighted by molar-refractivity contribution is 5.82. The molecule has 0 bridgehead atoms. The van der Waals surface area contributed by atoms with Gasteiger partial charge >= 0.3 is 12.0 Å². The molecule has 0 heterocycles. The molecule has 0 aliphatic rings. The van der Waals surface area contributed by atoms with Crippen molar-refractivity contribution in [3.8, 4) is 0 Å². The predicted octanol–water partition coefficient (Wildman–Crippen LogP) is 1.58. The van der Waals surface area contributed by atoms with Gasteiger partial charge < -0.3 is 15.7 Å². The highest BCUT2D eigenvalue weighted by Crippen LogP contribution is 2.00. The van der Waals surface area contributed by atoms with E-state index < -0.39 is 18.0 Å². The minimum absolute atomic E-state index is 0.352. The average molecular weight is 230 g/mol. The normalized spacial score (nSPS) is 12.2. The summed E-state index contributed by atoms with van der Waals surface area (Å²) in [4.78, 5) is 22.2. The van der Waals surface area contributed by atoms with Gasteiger partial charge in [-0.15, -0.1) is 0 Å². The van der Waals surface area contributed by atoms with Gasteiger partial charge in [0, 0.05) is 6.54 Å². The second-order valence-corrected chi connectivity index (χ2v) is 4.28. The van der Waals surface area contributed by atoms with Crippen LogP contribution in [0, 0.1) is 5.92 Å². The molecule has 0 aliphatic heterocycles. The fourth-order valence-electron chi connectivity index (χ4n) is 1.17. The number of carboxylic acids is 1. The van der Waals surface area contributed by atoms with E-state index in [9.17, 15) is 9.59 Å². The largest absolute Gasteiger partial charge is 0.480 e. The summed E-state index contributed by atoms with van der Waals surface area (Å²) in [5.41, 5.74) is 0. The summed E-state index contributed by atoms with van der Waals surface area (Å²) in [6, 6.07) is -1.19. The van der Waals surface area contributed by atoms with Gasteiger partial charge in [-0.2, -0.15) is 0 Å². The van der Waals surface area contributed by atoms with Crippen LogP contribution in [0.5, 0.6) is 0 Å². The number of urea groups is 1. The highest BCUT2D eigenvalue weighted by Gasteiger charge is 2.18. The summed E-state index contributed by atoms with van der Waals surface area (Å²) in [5, 5.41) is 14.0. The molecule has 0 aromatic rings. The Morgan fingerprint density at radius 2 is 1.94 bits per heavy atom. The highest BCUT2D eigenvalue weighted by atomic mass is 16.4. The fourth-order valence-corrected chi connectivity index (χ4v) is 1.17. The van der Waals surface area contributed by atoms with Crippen molar-refractivity contribution in [1.82, 2.24) is 10.6 Å². The van der Waals surface area contributed by atoms with Crippen LogP contribution in [0.25, 0.3) is 0 Å². The number of rotatable bonds is 7. The average Bonchev–Trinajstić information content (AvgIpc) is 2.20. The van der Waals surface area contributed by atoms with E-state index in [1.807, 2.05) is 20.8 Å². The van der Waals surface area contributed by atoms with Crippen LogP contribution in [0.15, 0.2) is 0 Å². The van der Waals surface area contributed by atoms with Crippen molar-refractivity contribution in [2.24, 2.45) is 5.92 Å². The van der Waals surface area contributed by atoms with Crippen LogP contribution in [-0.2, 0) is 4.79 Å². The molecule has 0 fully saturated rings. The molecule has 16 heavy (non-hydrogen) atoms. The number of amides is 2. The molecule has 0 aromatic heterocycles. The molecule has 0 rings (SSSR count). The van der Waals surface area contributed by atoms with Crippen molar-refractivity contribution in [3.63, 3.8) is 0 Å². The lowest BCUT2D eigenvalue weighted by atomic mass is 10.1. The van der Waals surface area contributed by atoms with E-state index in [1.54, 1.807) is 0 Å². The lowest BCUT2D eigenvalue weighted by Gasteiger charge is -2.15. The molecule has 5 nitrogen and oxygen atoms in total. The Labute approximate surface area is 96.6 Å². The van der Waals surface area contributed by atoms with E-state index in [0.717, 1.165) is 12.8 Å². The topological polar surface area (TPSA) is 78.4 Å². The molecule has 3 N–H and O–H groups in total. The SMILES string of the molecule is CCCCC(NC(=O)NCC(C)C)C(=O)O. The van der Waals surface area contributed by atoms with Gasteiger partial charge in [0.2, 0.25) is 0 Å². The number of carbonyl (C=O) groups excluding carboxylic acids is 1. The van der Waals surface area contributed by atoms with Gasteiger partial charge in [-0.3, -0.25) is 0 Å². The Kier molecular flexibility index (Phi) is 7.33. The Morgan fingerprint density at radius 1 is 1.31 bits per heavy atom. The Morgan fingerprint density at radius 3 is 2.38 bits per heavy atom. The molecule has 0 saturated heterocycles. The quantitative estimate of drug-likeness (QED) is 0.621. The summed E-state index contributed by atoms with van der Waals surface area (Å²) < 4.78 is 0. The molecule has 0 aliphatic carbocycles. The fraction of sp³-hybridized carbons (Fsp3) is 0.818. The first kappa shape index (κ1) is 14.7. The third-order valence-electron chi connectivity index (χ3n) is 2.12. The summed E-state index contributed by atoms with van der Waals surface area (Å²) in [5.74, 6) is -0.627. The zero-order chi connectivity index (χ0) is 12.6. The number of hydrogen-bond donors (Lipinski definition) is 3. The Hall–Kier alpha value is -1.26. The van der Waals surface area contributed by atoms with Gasteiger partial charge in [-0.1, -0.05) is 33.6 Å². The van der Waals surface area contributed by atoms with Crippen LogP contribution in [0.4, 0.5) is 4.79 Å². The molecule has 0 radical (unpaired) electrons. The predicted molar refractivity (Wildman–Crippen MR) is 62.3 cm³/mol. The lowest BCUT2D eigenvalue weighted by Crippen LogP contribution is -2.46. The Bertz CT molecular complexity index is 229. The monoisotopic (exact) mass is 230 g/mol. The van der Waals surface area contributed by atoms with Crippen molar-refractivity contribution >= 4 is 12.0 Å². The van der Waals surface area contributed by atoms with Crippen LogP contribution < -0.4 is 10.6 Å². The van der Waals surface area contributed by atoms with Crippen LogP contribution in [-0.4, -0.2) is 29.7 Å². The van der Waals surface area contributed by atoms with Crippen molar-refractivity contribution in [1.29, 1.82) is 0 Å². The van der Waals surface area contributed by atoms with E-state index in [2.05, 4.69) is 10.6 Å². The third-order valence-corrected chi connectivity index (χ3v) is 2.12. The molecule has 2 amide bonds. The van der Waals surface area contributed by atoms with Crippen molar-refractivity contribution in [3.05, 3.63) is 0 Å². The van der Waals surface area contributed by atoms with Gasteiger partial charge in [0.25, 0.3) is 0 Å². The van der Waals surface area contributed by atoms with Crippen LogP contribution in [0.3, 0.4) is 0 Å². The molecule has 1 atom stereocenters. The van der Waals surface area contributed by atoms with Crippen LogP contribution >= 0.6 is 0 Å². The minimum Gasteiger partial charge on any atom is -0.480 e. The Balaban J connectivity index is 3.98. The third kappa shape index (κ3) is 7.09. The van der Waals surface area contributed by atoms with E-state index in [-0.39, 0.29) is 0 Å². The maximum atomic E-state index is 11.3. The maximum absolute atomic E-state index is 11.3. The lowest BCUT2D eigenvalue weighted by molar-refractivity contribution is -0.139. The molecular formula is C11H22N2O3. The maximum Gasteiger partial charge on any atom is 0.326 e. The summed E-state index contributed by atoms with van der Waals surface area (Å²) in [6.45, 7) is 6.49. The summed E-state index contributed by atoms with van der Waals surface area (Å²) in [6.07, 6.45) is 2.18. The van der Waals surface area contributed by atoms with Crippen molar-refractivity contribution in [2.45, 2.75) is 46.1 Å². The van der Waals surface area contributed by atoms with Gasteiger partial charge in [-0.25, -0.2) is 9.59 Å². The minimum atomic E-state index is -0.979. The molecule has 94 valence electrons. The van der Waals surface area contributed by atoms with E-state index in [4.69, 9.17) is 5.11 Å². The second kappa shape index (κ2) is 7.96. The molecule has 0 aromatic carbocycles. The number of carboxylic acid groups (broad SMARTS) is 1. The zero-order valence-electron chi connectivity index (χ0n) is 10.2. The van der Waals surface area contributed by atoms with Crippen molar-refractivity contribution in [2.75, 3.05) is 6.54 Å². The molecule has 1 unspecified atom stereocenters. The first-order valence-electron chi connectivity index (χ1n) is 5.74. The standard InChI is InChI=1S/C11H22N2O3/c1-4-5-6-9(10(14)15)13-11(16)12-7-8(2)3/h8-9H,4-7H2,1-3H3,(H,14,15)(H2,12,13,16). The molecule has 0 saturated carbocycles. The first-order valence-corrected chi connectivity index (χ1v) is 5.74. The summed E-state index contributed by atoms with van der Waals surface area (Å²) in [7, 11) is 0. The number of hydrogen-bond acceptors (Lipinski definition) is 2. The zero-order valence-corrected chi connectivity index (χ0v) is 10.2. The van der Waals surface area contributed by atoms with Gasteiger partial charge in [0.1, 0.15) is 6.04 Å².